The summed E-state index contributed by atoms with van der Waals surface area (Å²) in [4.78, 5) is 11.7. The maximum atomic E-state index is 11.9. The van der Waals surface area contributed by atoms with Crippen LogP contribution in [0.2, 0.25) is 0 Å². The van der Waals surface area contributed by atoms with E-state index in [0.717, 1.165) is 38.6 Å². The highest BCUT2D eigenvalue weighted by atomic mass is 32.2. The Kier molecular flexibility index (Phi) is 7.07. The van der Waals surface area contributed by atoms with Crippen LogP contribution in [0.25, 0.3) is 0 Å². The Morgan fingerprint density at radius 1 is 1.23 bits per heavy atom. The van der Waals surface area contributed by atoms with Crippen molar-refractivity contribution in [3.8, 4) is 0 Å². The lowest BCUT2D eigenvalue weighted by molar-refractivity contribution is -0.121. The zero-order valence-electron chi connectivity index (χ0n) is 13.0. The number of rotatable bonds is 8. The van der Waals surface area contributed by atoms with Crippen LogP contribution in [0.5, 0.6) is 0 Å². The number of hydrogen-bond donors (Lipinski definition) is 3. The maximum Gasteiger partial charge on any atom is 0.221 e. The summed E-state index contributed by atoms with van der Waals surface area (Å²) in [5, 5.41) is 5.92. The summed E-state index contributed by atoms with van der Waals surface area (Å²) < 4.78 is 31.8. The Bertz CT molecular complexity index is 443. The first-order chi connectivity index (χ1) is 10.6. The molecule has 0 radical (unpaired) electrons. The molecule has 8 heteroatoms. The van der Waals surface area contributed by atoms with E-state index < -0.39 is 10.0 Å². The molecule has 0 aromatic carbocycles. The van der Waals surface area contributed by atoms with Gasteiger partial charge < -0.3 is 15.4 Å². The van der Waals surface area contributed by atoms with Crippen molar-refractivity contribution < 1.29 is 17.9 Å². The lowest BCUT2D eigenvalue weighted by Gasteiger charge is -2.22. The smallest absolute Gasteiger partial charge is 0.221 e. The Hall–Kier alpha value is -0.700. The van der Waals surface area contributed by atoms with E-state index in [9.17, 15) is 13.2 Å². The minimum atomic E-state index is -3.36. The number of sulfonamides is 1. The number of carbonyl (C=O) groups excluding carboxylic acids is 1. The SMILES string of the molecule is O=C(CC1CCCN1)NCCS(=O)(=O)NCC1CCCCO1. The van der Waals surface area contributed by atoms with Gasteiger partial charge >= 0.3 is 0 Å². The highest BCUT2D eigenvalue weighted by molar-refractivity contribution is 7.89. The third-order valence-electron chi connectivity index (χ3n) is 4.09. The molecule has 0 spiro atoms. The van der Waals surface area contributed by atoms with Crippen LogP contribution in [-0.2, 0) is 19.6 Å². The van der Waals surface area contributed by atoms with E-state index in [2.05, 4.69) is 15.4 Å². The molecule has 0 bridgehead atoms. The monoisotopic (exact) mass is 333 g/mol. The molecule has 0 aromatic rings. The van der Waals surface area contributed by atoms with E-state index >= 15 is 0 Å². The summed E-state index contributed by atoms with van der Waals surface area (Å²) >= 11 is 0. The molecule has 2 atom stereocenters. The average Bonchev–Trinajstić information content (AvgIpc) is 2.99. The zero-order valence-corrected chi connectivity index (χ0v) is 13.8. The molecular weight excluding hydrogens is 306 g/mol. The Morgan fingerprint density at radius 2 is 2.09 bits per heavy atom. The van der Waals surface area contributed by atoms with E-state index in [4.69, 9.17) is 4.74 Å². The molecule has 7 nitrogen and oxygen atoms in total. The minimum absolute atomic E-state index is 0.0217. The molecule has 2 aliphatic rings. The van der Waals surface area contributed by atoms with Crippen molar-refractivity contribution in [1.29, 1.82) is 0 Å². The standard InChI is InChI=1S/C14H27N3O4S/c18-14(10-12-4-3-6-15-12)16-7-9-22(19,20)17-11-13-5-1-2-8-21-13/h12-13,15,17H,1-11H2,(H,16,18). The van der Waals surface area contributed by atoms with Gasteiger partial charge in [0.1, 0.15) is 0 Å². The van der Waals surface area contributed by atoms with Crippen molar-refractivity contribution in [3.05, 3.63) is 0 Å². The molecule has 2 unspecified atom stereocenters. The van der Waals surface area contributed by atoms with Crippen molar-refractivity contribution in [2.75, 3.05) is 32.0 Å². The molecule has 1 amide bonds. The molecule has 128 valence electrons. The molecule has 0 aromatic heterocycles. The normalized spacial score (nSPS) is 26.0. The molecule has 2 fully saturated rings. The summed E-state index contributed by atoms with van der Waals surface area (Å²) in [6, 6.07) is 0.234. The van der Waals surface area contributed by atoms with Gasteiger partial charge in [-0.05, 0) is 38.6 Å². The van der Waals surface area contributed by atoms with Crippen LogP contribution >= 0.6 is 0 Å². The number of amides is 1. The minimum Gasteiger partial charge on any atom is -0.377 e. The largest absolute Gasteiger partial charge is 0.377 e. The van der Waals surface area contributed by atoms with Crippen molar-refractivity contribution in [2.45, 2.75) is 50.7 Å². The first kappa shape index (κ1) is 17.7. The summed E-state index contributed by atoms with van der Waals surface area (Å²) in [5.74, 6) is -0.186. The van der Waals surface area contributed by atoms with Crippen molar-refractivity contribution in [1.82, 2.24) is 15.4 Å². The summed E-state index contributed by atoms with van der Waals surface area (Å²) in [5.41, 5.74) is 0. The van der Waals surface area contributed by atoms with E-state index in [0.29, 0.717) is 19.6 Å². The van der Waals surface area contributed by atoms with Gasteiger partial charge in [-0.15, -0.1) is 0 Å². The molecule has 0 aliphatic carbocycles. The third-order valence-corrected chi connectivity index (χ3v) is 5.44. The lowest BCUT2D eigenvalue weighted by Crippen LogP contribution is -2.40. The van der Waals surface area contributed by atoms with Gasteiger partial charge in [-0.2, -0.15) is 0 Å². The van der Waals surface area contributed by atoms with Gasteiger partial charge in [0.05, 0.1) is 11.9 Å². The second-order valence-corrected chi connectivity index (χ2v) is 7.93. The van der Waals surface area contributed by atoms with Crippen molar-refractivity contribution in [2.24, 2.45) is 0 Å². The summed E-state index contributed by atoms with van der Waals surface area (Å²) in [6.07, 6.45) is 5.53. The second-order valence-electron chi connectivity index (χ2n) is 6.00. The van der Waals surface area contributed by atoms with Crippen LogP contribution in [0.3, 0.4) is 0 Å². The van der Waals surface area contributed by atoms with Crippen LogP contribution in [0, 0.1) is 0 Å². The number of carbonyl (C=O) groups is 1. The predicted molar refractivity (Wildman–Crippen MR) is 84.0 cm³/mol. The van der Waals surface area contributed by atoms with E-state index in [1.807, 2.05) is 0 Å². The van der Waals surface area contributed by atoms with Gasteiger partial charge in [0, 0.05) is 32.2 Å². The van der Waals surface area contributed by atoms with E-state index in [1.165, 1.54) is 0 Å². The van der Waals surface area contributed by atoms with E-state index in [-0.39, 0.29) is 30.4 Å². The molecular formula is C14H27N3O4S. The van der Waals surface area contributed by atoms with Crippen LogP contribution in [0.15, 0.2) is 0 Å². The topological polar surface area (TPSA) is 96.5 Å². The fraction of sp³-hybridized carbons (Fsp3) is 0.929. The molecule has 0 saturated carbocycles. The maximum absolute atomic E-state index is 11.9. The molecule has 2 aliphatic heterocycles. The molecule has 22 heavy (non-hydrogen) atoms. The van der Waals surface area contributed by atoms with Gasteiger partial charge in [0.25, 0.3) is 0 Å². The second kappa shape index (κ2) is 8.81. The van der Waals surface area contributed by atoms with Gasteiger partial charge in [0.15, 0.2) is 0 Å². The van der Waals surface area contributed by atoms with Crippen molar-refractivity contribution >= 4 is 15.9 Å². The van der Waals surface area contributed by atoms with Crippen LogP contribution < -0.4 is 15.4 Å². The Balaban J connectivity index is 1.58. The summed E-state index contributed by atoms with van der Waals surface area (Å²) in [7, 11) is -3.36. The Labute approximate surface area is 132 Å². The van der Waals surface area contributed by atoms with Gasteiger partial charge in [-0.1, -0.05) is 0 Å². The predicted octanol–water partition coefficient (Wildman–Crippen LogP) is -0.267. The van der Waals surface area contributed by atoms with Crippen LogP contribution in [0.4, 0.5) is 0 Å². The third kappa shape index (κ3) is 6.60. The van der Waals surface area contributed by atoms with Crippen LogP contribution in [0.1, 0.15) is 38.5 Å². The van der Waals surface area contributed by atoms with Crippen molar-refractivity contribution in [3.63, 3.8) is 0 Å². The first-order valence-corrected chi connectivity index (χ1v) is 9.79. The first-order valence-electron chi connectivity index (χ1n) is 8.14. The molecule has 2 rings (SSSR count). The highest BCUT2D eigenvalue weighted by Gasteiger charge is 2.19. The van der Waals surface area contributed by atoms with Gasteiger partial charge in [-0.25, -0.2) is 13.1 Å². The molecule has 2 saturated heterocycles. The fourth-order valence-electron chi connectivity index (χ4n) is 2.81. The summed E-state index contributed by atoms with van der Waals surface area (Å²) in [6.45, 7) is 2.13. The average molecular weight is 333 g/mol. The van der Waals surface area contributed by atoms with E-state index in [1.54, 1.807) is 0 Å². The molecule has 2 heterocycles. The van der Waals surface area contributed by atoms with Gasteiger partial charge in [-0.3, -0.25) is 4.79 Å². The number of hydrogen-bond acceptors (Lipinski definition) is 5. The zero-order chi connectivity index (χ0) is 15.8. The molecule has 3 N–H and O–H groups in total. The number of nitrogens with one attached hydrogen (secondary N) is 3. The van der Waals surface area contributed by atoms with Gasteiger partial charge in [0.2, 0.25) is 15.9 Å². The van der Waals surface area contributed by atoms with Crippen LogP contribution in [-0.4, -0.2) is 58.5 Å². The Morgan fingerprint density at radius 3 is 2.77 bits per heavy atom. The highest BCUT2D eigenvalue weighted by Crippen LogP contribution is 2.11. The lowest BCUT2D eigenvalue weighted by atomic mass is 10.1. The number of ether oxygens (including phenoxy) is 1. The quantitative estimate of drug-likeness (QED) is 0.568. The fourth-order valence-corrected chi connectivity index (χ4v) is 3.77.